The first-order valence-corrected chi connectivity index (χ1v) is 7.84. The molecule has 1 aliphatic heterocycles. The summed E-state index contributed by atoms with van der Waals surface area (Å²) >= 11 is 5.12. The summed E-state index contributed by atoms with van der Waals surface area (Å²) in [5.74, 6) is -0.0927. The number of benzene rings is 2. The highest BCUT2D eigenvalue weighted by atomic mass is 32.1. The minimum atomic E-state index is -0.0927. The van der Waals surface area contributed by atoms with Crippen molar-refractivity contribution in [1.82, 2.24) is 5.32 Å². The van der Waals surface area contributed by atoms with Gasteiger partial charge in [-0.3, -0.25) is 4.79 Å². The van der Waals surface area contributed by atoms with Gasteiger partial charge in [0.2, 0.25) is 5.91 Å². The monoisotopic (exact) mass is 339 g/mol. The van der Waals surface area contributed by atoms with E-state index in [1.807, 2.05) is 67.5 Å². The van der Waals surface area contributed by atoms with Gasteiger partial charge in [0.25, 0.3) is 0 Å². The lowest BCUT2D eigenvalue weighted by Gasteiger charge is -2.15. The normalized spacial score (nSPS) is 14.3. The van der Waals surface area contributed by atoms with Gasteiger partial charge in [-0.05, 0) is 60.7 Å². The number of nitrogens with zero attached hydrogens (tertiary/aromatic N) is 4. The Labute approximate surface area is 145 Å². The van der Waals surface area contributed by atoms with Gasteiger partial charge in [-0.2, -0.15) is 10.2 Å². The summed E-state index contributed by atoms with van der Waals surface area (Å²) in [6.07, 6.45) is 0. The summed E-state index contributed by atoms with van der Waals surface area (Å²) in [6, 6.07) is 15.3. The SMILES string of the molecule is CN(C)c1ccc(N=Nc2ccc(N3CC(=O)NC3=S)cc2)cc1. The lowest BCUT2D eigenvalue weighted by molar-refractivity contribution is -0.117. The number of anilines is 2. The summed E-state index contributed by atoms with van der Waals surface area (Å²) in [7, 11) is 3.99. The molecule has 1 N–H and O–H groups in total. The van der Waals surface area contributed by atoms with Crippen molar-refractivity contribution in [3.63, 3.8) is 0 Å². The molecule has 0 unspecified atom stereocenters. The molecule has 0 bridgehead atoms. The first-order chi connectivity index (χ1) is 11.5. The third-order valence-corrected chi connectivity index (χ3v) is 3.92. The van der Waals surface area contributed by atoms with Gasteiger partial charge in [-0.15, -0.1) is 0 Å². The number of azo groups is 1. The molecule has 2 aromatic rings. The maximum atomic E-state index is 11.4. The van der Waals surface area contributed by atoms with E-state index in [-0.39, 0.29) is 12.5 Å². The second kappa shape index (κ2) is 6.76. The molecule has 0 radical (unpaired) electrons. The molecule has 3 rings (SSSR count). The van der Waals surface area contributed by atoms with E-state index in [1.165, 1.54) is 0 Å². The van der Waals surface area contributed by atoms with Crippen molar-refractivity contribution in [2.24, 2.45) is 10.2 Å². The fourth-order valence-corrected chi connectivity index (χ4v) is 2.57. The van der Waals surface area contributed by atoms with Crippen molar-refractivity contribution >= 4 is 46.0 Å². The molecule has 0 spiro atoms. The minimum absolute atomic E-state index is 0.0927. The third-order valence-electron chi connectivity index (χ3n) is 3.60. The van der Waals surface area contributed by atoms with E-state index in [1.54, 1.807) is 4.90 Å². The molecule has 6 nitrogen and oxygen atoms in total. The van der Waals surface area contributed by atoms with E-state index in [0.29, 0.717) is 5.11 Å². The Hall–Kier alpha value is -2.80. The van der Waals surface area contributed by atoms with Crippen LogP contribution in [0.5, 0.6) is 0 Å². The van der Waals surface area contributed by atoms with Crippen LogP contribution in [0.3, 0.4) is 0 Å². The second-order valence-corrected chi connectivity index (χ2v) is 5.95. The number of carbonyl (C=O) groups excluding carboxylic acids is 1. The highest BCUT2D eigenvalue weighted by Gasteiger charge is 2.24. The van der Waals surface area contributed by atoms with Gasteiger partial charge in [0.05, 0.1) is 11.4 Å². The molecule has 122 valence electrons. The van der Waals surface area contributed by atoms with E-state index < -0.39 is 0 Å². The van der Waals surface area contributed by atoms with Crippen LogP contribution in [0.25, 0.3) is 0 Å². The zero-order valence-corrected chi connectivity index (χ0v) is 14.2. The molecule has 2 aromatic carbocycles. The first kappa shape index (κ1) is 16.1. The van der Waals surface area contributed by atoms with E-state index in [4.69, 9.17) is 12.2 Å². The zero-order valence-electron chi connectivity index (χ0n) is 13.4. The molecule has 7 heteroatoms. The predicted molar refractivity (Wildman–Crippen MR) is 99.5 cm³/mol. The Morgan fingerprint density at radius 1 is 1.00 bits per heavy atom. The van der Waals surface area contributed by atoms with E-state index in [9.17, 15) is 4.79 Å². The maximum Gasteiger partial charge on any atom is 0.246 e. The lowest BCUT2D eigenvalue weighted by atomic mass is 10.2. The number of rotatable bonds is 4. The number of carbonyl (C=O) groups is 1. The van der Waals surface area contributed by atoms with E-state index in [0.717, 1.165) is 22.7 Å². The van der Waals surface area contributed by atoms with Crippen LogP contribution in [0.2, 0.25) is 0 Å². The van der Waals surface area contributed by atoms with Gasteiger partial charge in [-0.1, -0.05) is 0 Å². The maximum absolute atomic E-state index is 11.4. The van der Waals surface area contributed by atoms with Gasteiger partial charge >= 0.3 is 0 Å². The smallest absolute Gasteiger partial charge is 0.246 e. The molecule has 0 saturated carbocycles. The first-order valence-electron chi connectivity index (χ1n) is 7.43. The van der Waals surface area contributed by atoms with Crippen LogP contribution >= 0.6 is 12.2 Å². The second-order valence-electron chi connectivity index (χ2n) is 5.57. The summed E-state index contributed by atoms with van der Waals surface area (Å²) in [5, 5.41) is 11.5. The van der Waals surface area contributed by atoms with Crippen LogP contribution in [0.15, 0.2) is 58.8 Å². The van der Waals surface area contributed by atoms with E-state index >= 15 is 0 Å². The van der Waals surface area contributed by atoms with E-state index in [2.05, 4.69) is 15.5 Å². The molecule has 1 aliphatic rings. The molecule has 1 heterocycles. The molecule has 1 fully saturated rings. The standard InChI is InChI=1S/C17H17N5OS/c1-21(2)14-7-3-12(4-8-14)19-20-13-5-9-15(10-6-13)22-11-16(23)18-17(22)24/h3-10H,11H2,1-2H3,(H,18,23,24). The van der Waals surface area contributed by atoms with Gasteiger partial charge in [0.1, 0.15) is 6.54 Å². The summed E-state index contributed by atoms with van der Waals surface area (Å²) < 4.78 is 0. The van der Waals surface area contributed by atoms with Crippen LogP contribution in [0.4, 0.5) is 22.7 Å². The average Bonchev–Trinajstić information content (AvgIpc) is 2.92. The molecule has 1 saturated heterocycles. The Balaban J connectivity index is 1.69. The van der Waals surface area contributed by atoms with Gasteiger partial charge in [0, 0.05) is 25.5 Å². The summed E-state index contributed by atoms with van der Waals surface area (Å²) in [4.78, 5) is 15.1. The van der Waals surface area contributed by atoms with Gasteiger partial charge < -0.3 is 15.1 Å². The third kappa shape index (κ3) is 3.57. The fourth-order valence-electron chi connectivity index (χ4n) is 2.28. The molecule has 24 heavy (non-hydrogen) atoms. The van der Waals surface area contributed by atoms with Crippen molar-refractivity contribution in [2.75, 3.05) is 30.4 Å². The minimum Gasteiger partial charge on any atom is -0.378 e. The highest BCUT2D eigenvalue weighted by Crippen LogP contribution is 2.24. The number of thiocarbonyl (C=S) groups is 1. The zero-order chi connectivity index (χ0) is 17.1. The summed E-state index contributed by atoms with van der Waals surface area (Å²) in [6.45, 7) is 0.248. The Bertz CT molecular complexity index is 784. The quantitative estimate of drug-likeness (QED) is 0.685. The molecular formula is C17H17N5OS. The van der Waals surface area contributed by atoms with Crippen molar-refractivity contribution in [1.29, 1.82) is 0 Å². The van der Waals surface area contributed by atoms with Crippen LogP contribution in [0.1, 0.15) is 0 Å². The number of nitrogens with one attached hydrogen (secondary N) is 1. The highest BCUT2D eigenvalue weighted by molar-refractivity contribution is 7.80. The largest absolute Gasteiger partial charge is 0.378 e. The van der Waals surface area contributed by atoms with Crippen molar-refractivity contribution < 1.29 is 4.79 Å². The molecule has 0 atom stereocenters. The Kier molecular flexibility index (Phi) is 4.52. The molecular weight excluding hydrogens is 322 g/mol. The molecule has 0 aliphatic carbocycles. The number of hydrogen-bond acceptors (Lipinski definition) is 5. The topological polar surface area (TPSA) is 60.3 Å². The van der Waals surface area contributed by atoms with Crippen LogP contribution in [0, 0.1) is 0 Å². The number of hydrogen-bond donors (Lipinski definition) is 1. The van der Waals surface area contributed by atoms with Gasteiger partial charge in [0.15, 0.2) is 5.11 Å². The van der Waals surface area contributed by atoms with Crippen molar-refractivity contribution in [3.05, 3.63) is 48.5 Å². The Morgan fingerprint density at radius 3 is 2.00 bits per heavy atom. The summed E-state index contributed by atoms with van der Waals surface area (Å²) in [5.41, 5.74) is 3.50. The van der Waals surface area contributed by atoms with Crippen LogP contribution < -0.4 is 15.1 Å². The predicted octanol–water partition coefficient (Wildman–Crippen LogP) is 3.39. The van der Waals surface area contributed by atoms with Crippen LogP contribution in [-0.4, -0.2) is 31.7 Å². The Morgan fingerprint density at radius 2 is 1.54 bits per heavy atom. The number of amides is 1. The van der Waals surface area contributed by atoms with Gasteiger partial charge in [-0.25, -0.2) is 0 Å². The van der Waals surface area contributed by atoms with Crippen molar-refractivity contribution in [2.45, 2.75) is 0 Å². The average molecular weight is 339 g/mol. The molecule has 1 amide bonds. The van der Waals surface area contributed by atoms with Crippen LogP contribution in [-0.2, 0) is 4.79 Å². The molecule has 0 aromatic heterocycles. The fraction of sp³-hybridized carbons (Fsp3) is 0.176. The van der Waals surface area contributed by atoms with Crippen molar-refractivity contribution in [3.8, 4) is 0 Å². The lowest BCUT2D eigenvalue weighted by Crippen LogP contribution is -2.27.